The van der Waals surface area contributed by atoms with Gasteiger partial charge in [0.05, 0.1) is 22.8 Å². The van der Waals surface area contributed by atoms with Gasteiger partial charge in [-0.05, 0) is 32.7 Å². The van der Waals surface area contributed by atoms with Gasteiger partial charge in [-0.3, -0.25) is 4.79 Å². The van der Waals surface area contributed by atoms with E-state index in [9.17, 15) is 4.79 Å². The van der Waals surface area contributed by atoms with E-state index in [1.54, 1.807) is 11.3 Å². The number of nitrogens with zero attached hydrogens (tertiary/aromatic N) is 1. The summed E-state index contributed by atoms with van der Waals surface area (Å²) in [6, 6.07) is -0.0109. The molecule has 0 saturated carbocycles. The number of nitrogens with one attached hydrogen (secondary N) is 2. The summed E-state index contributed by atoms with van der Waals surface area (Å²) >= 11 is 1.66. The standard InChI is InChI=1S/C12H19N3OS/c1-3-11-15-10(7-17-11)8(2)14-12(16)9-5-4-6-13-9/h7-9,13H,3-6H2,1-2H3,(H,14,16). The van der Waals surface area contributed by atoms with Crippen LogP contribution in [-0.2, 0) is 11.2 Å². The van der Waals surface area contributed by atoms with Gasteiger partial charge in [-0.15, -0.1) is 11.3 Å². The van der Waals surface area contributed by atoms with Crippen molar-refractivity contribution in [2.24, 2.45) is 0 Å². The van der Waals surface area contributed by atoms with Crippen molar-refractivity contribution >= 4 is 17.2 Å². The normalized spacial score (nSPS) is 21.4. The summed E-state index contributed by atoms with van der Waals surface area (Å²) in [5.74, 6) is 0.0982. The number of rotatable bonds is 4. The molecule has 17 heavy (non-hydrogen) atoms. The molecule has 0 spiro atoms. The van der Waals surface area contributed by atoms with Crippen LogP contribution in [0.4, 0.5) is 0 Å². The molecule has 4 nitrogen and oxygen atoms in total. The van der Waals surface area contributed by atoms with E-state index in [0.29, 0.717) is 0 Å². The maximum Gasteiger partial charge on any atom is 0.237 e. The second-order valence-electron chi connectivity index (χ2n) is 4.40. The molecule has 2 N–H and O–H groups in total. The van der Waals surface area contributed by atoms with Gasteiger partial charge in [-0.1, -0.05) is 6.92 Å². The maximum absolute atomic E-state index is 11.9. The van der Waals surface area contributed by atoms with E-state index >= 15 is 0 Å². The molecule has 1 aliphatic heterocycles. The molecule has 2 rings (SSSR count). The average molecular weight is 253 g/mol. The second-order valence-corrected chi connectivity index (χ2v) is 5.34. The number of carbonyl (C=O) groups is 1. The van der Waals surface area contributed by atoms with Crippen molar-refractivity contribution in [1.82, 2.24) is 15.6 Å². The van der Waals surface area contributed by atoms with E-state index in [-0.39, 0.29) is 18.0 Å². The van der Waals surface area contributed by atoms with Crippen molar-refractivity contribution in [3.05, 3.63) is 16.1 Å². The lowest BCUT2D eigenvalue weighted by Crippen LogP contribution is -2.41. The van der Waals surface area contributed by atoms with Crippen molar-refractivity contribution in [3.63, 3.8) is 0 Å². The van der Waals surface area contributed by atoms with Gasteiger partial charge in [0.25, 0.3) is 0 Å². The molecule has 1 aromatic rings. The minimum atomic E-state index is -0.0123. The van der Waals surface area contributed by atoms with Crippen molar-refractivity contribution in [3.8, 4) is 0 Å². The number of aromatic nitrogens is 1. The smallest absolute Gasteiger partial charge is 0.237 e. The third-order valence-corrected chi connectivity index (χ3v) is 4.06. The first-order chi connectivity index (χ1) is 8.20. The van der Waals surface area contributed by atoms with Crippen LogP contribution in [0.2, 0.25) is 0 Å². The number of hydrogen-bond acceptors (Lipinski definition) is 4. The molecule has 5 heteroatoms. The topological polar surface area (TPSA) is 54.0 Å². The first-order valence-electron chi connectivity index (χ1n) is 6.18. The molecule has 0 aromatic carbocycles. The largest absolute Gasteiger partial charge is 0.347 e. The van der Waals surface area contributed by atoms with Gasteiger partial charge >= 0.3 is 0 Å². The summed E-state index contributed by atoms with van der Waals surface area (Å²) in [5, 5.41) is 9.38. The van der Waals surface area contributed by atoms with Crippen LogP contribution in [0.5, 0.6) is 0 Å². The van der Waals surface area contributed by atoms with E-state index < -0.39 is 0 Å². The highest BCUT2D eigenvalue weighted by molar-refractivity contribution is 7.09. The molecule has 1 aromatic heterocycles. The highest BCUT2D eigenvalue weighted by Crippen LogP contribution is 2.17. The van der Waals surface area contributed by atoms with Crippen molar-refractivity contribution < 1.29 is 4.79 Å². The Kier molecular flexibility index (Phi) is 4.12. The summed E-state index contributed by atoms with van der Waals surface area (Å²) in [6.45, 7) is 5.03. The van der Waals surface area contributed by atoms with Gasteiger partial charge in [0.2, 0.25) is 5.91 Å². The lowest BCUT2D eigenvalue weighted by atomic mass is 10.2. The molecule has 1 saturated heterocycles. The number of thiazole rings is 1. The van der Waals surface area contributed by atoms with Crippen LogP contribution in [0.3, 0.4) is 0 Å². The Morgan fingerprint density at radius 1 is 1.76 bits per heavy atom. The Balaban J connectivity index is 1.91. The lowest BCUT2D eigenvalue weighted by Gasteiger charge is -2.15. The zero-order valence-electron chi connectivity index (χ0n) is 10.3. The van der Waals surface area contributed by atoms with Crippen LogP contribution < -0.4 is 10.6 Å². The predicted octanol–water partition coefficient (Wildman–Crippen LogP) is 1.63. The minimum Gasteiger partial charge on any atom is -0.347 e. The Hall–Kier alpha value is -0.940. The van der Waals surface area contributed by atoms with Gasteiger partial charge in [0.15, 0.2) is 0 Å². The number of aryl methyl sites for hydroxylation is 1. The van der Waals surface area contributed by atoms with Gasteiger partial charge in [-0.25, -0.2) is 4.98 Å². The summed E-state index contributed by atoms with van der Waals surface area (Å²) in [4.78, 5) is 16.4. The van der Waals surface area contributed by atoms with Crippen LogP contribution in [0.25, 0.3) is 0 Å². The number of carbonyl (C=O) groups excluding carboxylic acids is 1. The Labute approximate surface area is 106 Å². The first-order valence-corrected chi connectivity index (χ1v) is 7.06. The predicted molar refractivity (Wildman–Crippen MR) is 69.1 cm³/mol. The lowest BCUT2D eigenvalue weighted by molar-refractivity contribution is -0.123. The molecule has 94 valence electrons. The highest BCUT2D eigenvalue weighted by Gasteiger charge is 2.23. The fourth-order valence-corrected chi connectivity index (χ4v) is 2.82. The fourth-order valence-electron chi connectivity index (χ4n) is 1.98. The molecule has 1 amide bonds. The third kappa shape index (κ3) is 3.04. The molecule has 2 atom stereocenters. The molecular formula is C12H19N3OS. The SMILES string of the molecule is CCc1nc(C(C)NC(=O)C2CCCN2)cs1. The monoisotopic (exact) mass is 253 g/mol. The van der Waals surface area contributed by atoms with Gasteiger partial charge in [-0.2, -0.15) is 0 Å². The molecule has 0 bridgehead atoms. The van der Waals surface area contributed by atoms with E-state index in [2.05, 4.69) is 22.5 Å². The molecule has 1 aliphatic rings. The first kappa shape index (κ1) is 12.5. The second kappa shape index (κ2) is 5.60. The fraction of sp³-hybridized carbons (Fsp3) is 0.667. The van der Waals surface area contributed by atoms with Crippen LogP contribution in [0.1, 0.15) is 43.4 Å². The van der Waals surface area contributed by atoms with Crippen LogP contribution in [0.15, 0.2) is 5.38 Å². The molecule has 2 heterocycles. The maximum atomic E-state index is 11.9. The summed E-state index contributed by atoms with van der Waals surface area (Å²) in [6.07, 6.45) is 2.98. The molecule has 0 aliphatic carbocycles. The highest BCUT2D eigenvalue weighted by atomic mass is 32.1. The van der Waals surface area contributed by atoms with Crippen LogP contribution in [-0.4, -0.2) is 23.5 Å². The quantitative estimate of drug-likeness (QED) is 0.857. The zero-order valence-corrected chi connectivity index (χ0v) is 11.1. The summed E-state index contributed by atoms with van der Waals surface area (Å²) in [7, 11) is 0. The molecular weight excluding hydrogens is 234 g/mol. The van der Waals surface area contributed by atoms with E-state index in [4.69, 9.17) is 0 Å². The summed E-state index contributed by atoms with van der Waals surface area (Å²) < 4.78 is 0. The van der Waals surface area contributed by atoms with E-state index in [1.165, 1.54) is 0 Å². The van der Waals surface area contributed by atoms with Crippen molar-refractivity contribution in [2.75, 3.05) is 6.54 Å². The summed E-state index contributed by atoms with van der Waals surface area (Å²) in [5.41, 5.74) is 0.971. The average Bonchev–Trinajstić information content (AvgIpc) is 3.00. The third-order valence-electron chi connectivity index (χ3n) is 3.05. The number of amides is 1. The van der Waals surface area contributed by atoms with Gasteiger partial charge in [0, 0.05) is 5.38 Å². The Morgan fingerprint density at radius 3 is 3.18 bits per heavy atom. The van der Waals surface area contributed by atoms with Crippen molar-refractivity contribution in [2.45, 2.75) is 45.2 Å². The van der Waals surface area contributed by atoms with Crippen molar-refractivity contribution in [1.29, 1.82) is 0 Å². The van der Waals surface area contributed by atoms with Gasteiger partial charge in [0.1, 0.15) is 0 Å². The Bertz CT molecular complexity index is 385. The Morgan fingerprint density at radius 2 is 2.59 bits per heavy atom. The minimum absolute atomic E-state index is 0.00134. The zero-order chi connectivity index (χ0) is 12.3. The molecule has 2 unspecified atom stereocenters. The van der Waals surface area contributed by atoms with E-state index in [1.807, 2.05) is 12.3 Å². The molecule has 0 radical (unpaired) electrons. The van der Waals surface area contributed by atoms with E-state index in [0.717, 1.165) is 36.5 Å². The van der Waals surface area contributed by atoms with Gasteiger partial charge < -0.3 is 10.6 Å². The van der Waals surface area contributed by atoms with Crippen LogP contribution >= 0.6 is 11.3 Å². The number of hydrogen-bond donors (Lipinski definition) is 2. The van der Waals surface area contributed by atoms with Crippen LogP contribution in [0, 0.1) is 0 Å². The molecule has 1 fully saturated rings.